The fourth-order valence-corrected chi connectivity index (χ4v) is 4.09. The van der Waals surface area contributed by atoms with Crippen molar-refractivity contribution >= 4 is 33.4 Å². The zero-order valence-electron chi connectivity index (χ0n) is 14.1. The van der Waals surface area contributed by atoms with Crippen LogP contribution in [0.2, 0.25) is 5.02 Å². The van der Waals surface area contributed by atoms with Gasteiger partial charge in [0.2, 0.25) is 0 Å². The highest BCUT2D eigenvalue weighted by atomic mass is 35.5. The van der Waals surface area contributed by atoms with E-state index in [-0.39, 0.29) is 17.4 Å². The van der Waals surface area contributed by atoms with E-state index in [0.29, 0.717) is 28.6 Å². The van der Waals surface area contributed by atoms with Crippen molar-refractivity contribution in [2.75, 3.05) is 10.8 Å². The van der Waals surface area contributed by atoms with E-state index in [0.717, 1.165) is 0 Å². The van der Waals surface area contributed by atoms with Gasteiger partial charge in [-0.3, -0.25) is 0 Å². The third-order valence-corrected chi connectivity index (χ3v) is 6.12. The largest absolute Gasteiger partial charge is 0.266 e. The lowest BCUT2D eigenvalue weighted by atomic mass is 10.3. The Balaban J connectivity index is 2.16. The summed E-state index contributed by atoms with van der Waals surface area (Å²) in [6, 6.07) is 8.24. The lowest BCUT2D eigenvalue weighted by Gasteiger charge is -2.20. The van der Waals surface area contributed by atoms with E-state index in [4.69, 9.17) is 11.6 Å². The van der Waals surface area contributed by atoms with Gasteiger partial charge in [-0.25, -0.2) is 17.7 Å². The number of hydrogen-bond donors (Lipinski definition) is 0. The van der Waals surface area contributed by atoms with Gasteiger partial charge in [0, 0.05) is 6.54 Å². The SMILES string of the molecule is CCCN(c1nc2nc(C)c(Cl)c(C)n2n1)S(=O)(=O)c1ccccc1. The molecule has 0 saturated heterocycles. The van der Waals surface area contributed by atoms with Crippen LogP contribution < -0.4 is 4.31 Å². The topological polar surface area (TPSA) is 80.5 Å². The molecular weight excluding hydrogens is 362 g/mol. The van der Waals surface area contributed by atoms with Crippen molar-refractivity contribution in [2.24, 2.45) is 0 Å². The first-order chi connectivity index (χ1) is 11.9. The second-order valence-corrected chi connectivity index (χ2v) is 7.85. The minimum atomic E-state index is -3.76. The number of rotatable bonds is 5. The number of aromatic nitrogens is 4. The molecule has 0 aliphatic heterocycles. The van der Waals surface area contributed by atoms with Crippen molar-refractivity contribution in [3.63, 3.8) is 0 Å². The number of sulfonamides is 1. The van der Waals surface area contributed by atoms with Crippen LogP contribution in [0.1, 0.15) is 24.7 Å². The van der Waals surface area contributed by atoms with E-state index in [1.165, 1.54) is 8.82 Å². The summed E-state index contributed by atoms with van der Waals surface area (Å²) in [6.07, 6.45) is 0.619. The van der Waals surface area contributed by atoms with Crippen LogP contribution in [0.5, 0.6) is 0 Å². The summed E-state index contributed by atoms with van der Waals surface area (Å²) in [5.74, 6) is 0.404. The molecule has 0 bridgehead atoms. The maximum atomic E-state index is 13.0. The van der Waals surface area contributed by atoms with Crippen LogP contribution in [0.3, 0.4) is 0 Å². The zero-order valence-corrected chi connectivity index (χ0v) is 15.7. The lowest BCUT2D eigenvalue weighted by Crippen LogP contribution is -2.32. The predicted octanol–water partition coefficient (Wildman–Crippen LogP) is 3.00. The van der Waals surface area contributed by atoms with Gasteiger partial charge >= 0.3 is 0 Å². The molecule has 2 aromatic heterocycles. The molecular formula is C16H18ClN5O2S. The third-order valence-electron chi connectivity index (χ3n) is 3.78. The number of nitrogens with zero attached hydrogens (tertiary/aromatic N) is 5. The van der Waals surface area contributed by atoms with E-state index >= 15 is 0 Å². The highest BCUT2D eigenvalue weighted by molar-refractivity contribution is 7.92. The van der Waals surface area contributed by atoms with Crippen LogP contribution in [0, 0.1) is 13.8 Å². The highest BCUT2D eigenvalue weighted by Gasteiger charge is 2.28. The number of aryl methyl sites for hydroxylation is 2. The van der Waals surface area contributed by atoms with Gasteiger partial charge in [-0.2, -0.15) is 9.50 Å². The lowest BCUT2D eigenvalue weighted by molar-refractivity contribution is 0.588. The number of halogens is 1. The maximum Gasteiger partial charge on any atom is 0.266 e. The Morgan fingerprint density at radius 2 is 1.84 bits per heavy atom. The van der Waals surface area contributed by atoms with Gasteiger partial charge in [0.25, 0.3) is 21.7 Å². The fourth-order valence-electron chi connectivity index (χ4n) is 2.50. The van der Waals surface area contributed by atoms with Crippen molar-refractivity contribution in [1.29, 1.82) is 0 Å². The number of anilines is 1. The first kappa shape index (κ1) is 17.6. The van der Waals surface area contributed by atoms with Gasteiger partial charge in [0.05, 0.1) is 21.3 Å². The monoisotopic (exact) mass is 379 g/mol. The molecule has 0 fully saturated rings. The Hall–Kier alpha value is -2.19. The fraction of sp³-hybridized carbons (Fsp3) is 0.312. The van der Waals surface area contributed by atoms with Crippen molar-refractivity contribution in [1.82, 2.24) is 19.6 Å². The van der Waals surface area contributed by atoms with Gasteiger partial charge in [-0.1, -0.05) is 36.7 Å². The molecule has 7 nitrogen and oxygen atoms in total. The Morgan fingerprint density at radius 3 is 2.48 bits per heavy atom. The molecule has 3 aromatic rings. The average Bonchev–Trinajstić information content (AvgIpc) is 3.01. The smallest absolute Gasteiger partial charge is 0.232 e. The molecule has 0 amide bonds. The summed E-state index contributed by atoms with van der Waals surface area (Å²) >= 11 is 6.21. The van der Waals surface area contributed by atoms with E-state index in [9.17, 15) is 8.42 Å². The van der Waals surface area contributed by atoms with Gasteiger partial charge in [-0.05, 0) is 32.4 Å². The van der Waals surface area contributed by atoms with E-state index in [1.54, 1.807) is 44.2 Å². The van der Waals surface area contributed by atoms with Crippen molar-refractivity contribution in [2.45, 2.75) is 32.1 Å². The first-order valence-electron chi connectivity index (χ1n) is 7.83. The molecule has 0 atom stereocenters. The Kier molecular flexibility index (Phi) is 4.66. The molecule has 0 aliphatic carbocycles. The number of benzene rings is 1. The molecule has 0 saturated carbocycles. The zero-order chi connectivity index (χ0) is 18.2. The van der Waals surface area contributed by atoms with Crippen molar-refractivity contribution in [3.05, 3.63) is 46.7 Å². The summed E-state index contributed by atoms with van der Waals surface area (Å²) < 4.78 is 28.7. The van der Waals surface area contributed by atoms with Crippen LogP contribution in [0.15, 0.2) is 35.2 Å². The normalized spacial score (nSPS) is 11.8. The van der Waals surface area contributed by atoms with E-state index in [1.807, 2.05) is 6.92 Å². The summed E-state index contributed by atoms with van der Waals surface area (Å²) in [5.41, 5.74) is 1.29. The predicted molar refractivity (Wildman–Crippen MR) is 96.5 cm³/mol. The number of fused-ring (bicyclic) bond motifs is 1. The average molecular weight is 380 g/mol. The van der Waals surface area contributed by atoms with Gasteiger partial charge in [-0.15, -0.1) is 5.10 Å². The van der Waals surface area contributed by atoms with Crippen LogP contribution in [0.4, 0.5) is 5.95 Å². The molecule has 0 aliphatic rings. The first-order valence-corrected chi connectivity index (χ1v) is 9.65. The van der Waals surface area contributed by atoms with E-state index in [2.05, 4.69) is 15.1 Å². The molecule has 0 spiro atoms. The Bertz CT molecular complexity index is 1020. The Labute approximate surface area is 151 Å². The second-order valence-electron chi connectivity index (χ2n) is 5.61. The van der Waals surface area contributed by atoms with Gasteiger partial charge in [0.15, 0.2) is 0 Å². The van der Waals surface area contributed by atoms with Crippen molar-refractivity contribution in [3.8, 4) is 0 Å². The van der Waals surface area contributed by atoms with Crippen molar-refractivity contribution < 1.29 is 8.42 Å². The minimum absolute atomic E-state index is 0.0861. The molecule has 3 rings (SSSR count). The summed E-state index contributed by atoms with van der Waals surface area (Å²) in [4.78, 5) is 8.80. The van der Waals surface area contributed by atoms with E-state index < -0.39 is 10.0 Å². The quantitative estimate of drug-likeness (QED) is 0.680. The molecule has 132 valence electrons. The number of hydrogen-bond acceptors (Lipinski definition) is 5. The molecule has 25 heavy (non-hydrogen) atoms. The van der Waals surface area contributed by atoms with Crippen LogP contribution >= 0.6 is 11.6 Å². The minimum Gasteiger partial charge on any atom is -0.232 e. The Morgan fingerprint density at radius 1 is 1.16 bits per heavy atom. The van der Waals surface area contributed by atoms with Gasteiger partial charge < -0.3 is 0 Å². The molecule has 9 heteroatoms. The molecule has 2 heterocycles. The second kappa shape index (κ2) is 6.61. The van der Waals surface area contributed by atoms with Crippen LogP contribution in [-0.4, -0.2) is 34.5 Å². The summed E-state index contributed by atoms with van der Waals surface area (Å²) in [6.45, 7) is 5.72. The van der Waals surface area contributed by atoms with Gasteiger partial charge in [0.1, 0.15) is 0 Å². The van der Waals surface area contributed by atoms with Crippen LogP contribution in [-0.2, 0) is 10.0 Å². The summed E-state index contributed by atoms with van der Waals surface area (Å²) in [5, 5.41) is 4.81. The van der Waals surface area contributed by atoms with Crippen LogP contribution in [0.25, 0.3) is 5.78 Å². The maximum absolute atomic E-state index is 13.0. The standard InChI is InChI=1S/C16H18ClN5O2S/c1-4-10-21(25(23,24)13-8-6-5-7-9-13)16-19-15-18-11(2)14(17)12(3)22(15)20-16/h5-9H,4,10H2,1-3H3. The molecule has 0 radical (unpaired) electrons. The summed E-state index contributed by atoms with van der Waals surface area (Å²) in [7, 11) is -3.76. The molecule has 0 unspecified atom stereocenters. The third kappa shape index (κ3) is 3.07. The molecule has 0 N–H and O–H groups in total. The molecule has 1 aromatic carbocycles. The highest BCUT2D eigenvalue weighted by Crippen LogP contribution is 2.24.